The number of anilines is 1. The van der Waals surface area contributed by atoms with Crippen LogP contribution in [0, 0.1) is 0 Å². The van der Waals surface area contributed by atoms with Crippen LogP contribution in [0.5, 0.6) is 5.75 Å². The number of ether oxygens (including phenoxy) is 2. The minimum absolute atomic E-state index is 0.0529. The number of benzene rings is 1. The highest BCUT2D eigenvalue weighted by Gasteiger charge is 2.42. The number of hydrogen-bond donors (Lipinski definition) is 1. The summed E-state index contributed by atoms with van der Waals surface area (Å²) in [4.78, 5) is 22.2. The van der Waals surface area contributed by atoms with Gasteiger partial charge in [-0.1, -0.05) is 18.2 Å². The molecule has 1 saturated heterocycles. The van der Waals surface area contributed by atoms with E-state index in [4.69, 9.17) is 9.47 Å². The molecule has 28 heavy (non-hydrogen) atoms. The Bertz CT molecular complexity index is 935. The lowest BCUT2D eigenvalue weighted by atomic mass is 9.73. The number of nitrogens with one attached hydrogen (secondary N) is 1. The van der Waals surface area contributed by atoms with Crippen LogP contribution in [0.2, 0.25) is 0 Å². The second-order valence-corrected chi connectivity index (χ2v) is 7.49. The van der Waals surface area contributed by atoms with Crippen LogP contribution in [0.25, 0.3) is 11.4 Å². The summed E-state index contributed by atoms with van der Waals surface area (Å²) in [6.45, 7) is 1.10. The van der Waals surface area contributed by atoms with Gasteiger partial charge in [0.1, 0.15) is 11.4 Å². The topological polar surface area (TPSA) is 73.3 Å². The standard InChI is InChI=1S/C21H21N3O3S/c1-26-16-7-5-15(6-8-16)21(9-12-27-13-10-21)19(25)24-20-23-18(14-28-20)17-4-2-3-11-22-17/h2-8,11,14H,9-10,12-13H2,1H3,(H,23,24,25). The number of hydrogen-bond acceptors (Lipinski definition) is 6. The molecule has 1 fully saturated rings. The number of aromatic nitrogens is 2. The van der Waals surface area contributed by atoms with E-state index in [0.29, 0.717) is 31.2 Å². The lowest BCUT2D eigenvalue weighted by Crippen LogP contribution is -2.44. The van der Waals surface area contributed by atoms with Gasteiger partial charge in [0.15, 0.2) is 5.13 Å². The van der Waals surface area contributed by atoms with Crippen LogP contribution in [0.1, 0.15) is 18.4 Å². The zero-order valence-corrected chi connectivity index (χ0v) is 16.4. The fourth-order valence-electron chi connectivity index (χ4n) is 3.46. The minimum Gasteiger partial charge on any atom is -0.497 e. The Morgan fingerprint density at radius 1 is 1.14 bits per heavy atom. The summed E-state index contributed by atoms with van der Waals surface area (Å²) >= 11 is 1.40. The molecule has 1 aromatic carbocycles. The summed E-state index contributed by atoms with van der Waals surface area (Å²) in [5.41, 5.74) is 1.87. The molecule has 0 aliphatic carbocycles. The third-order valence-corrected chi connectivity index (χ3v) is 5.83. The SMILES string of the molecule is COc1ccc(C2(C(=O)Nc3nc(-c4ccccn4)cs3)CCOCC2)cc1. The molecule has 0 saturated carbocycles. The molecule has 1 N–H and O–H groups in total. The van der Waals surface area contributed by atoms with Crippen molar-refractivity contribution >= 4 is 22.4 Å². The Hall–Kier alpha value is -2.77. The van der Waals surface area contributed by atoms with Crippen molar-refractivity contribution in [3.63, 3.8) is 0 Å². The summed E-state index contributed by atoms with van der Waals surface area (Å²) in [7, 11) is 1.63. The van der Waals surface area contributed by atoms with Crippen LogP contribution in [-0.2, 0) is 14.9 Å². The molecule has 3 heterocycles. The fraction of sp³-hybridized carbons (Fsp3) is 0.286. The molecule has 144 valence electrons. The number of pyridine rings is 1. The Labute approximate surface area is 167 Å². The first-order valence-electron chi connectivity index (χ1n) is 9.12. The largest absolute Gasteiger partial charge is 0.497 e. The second kappa shape index (κ2) is 8.08. The Balaban J connectivity index is 1.59. The van der Waals surface area contributed by atoms with Crippen molar-refractivity contribution in [2.45, 2.75) is 18.3 Å². The van der Waals surface area contributed by atoms with E-state index in [0.717, 1.165) is 22.7 Å². The smallest absolute Gasteiger partial charge is 0.236 e. The highest BCUT2D eigenvalue weighted by atomic mass is 32.1. The van der Waals surface area contributed by atoms with Gasteiger partial charge in [0.25, 0.3) is 0 Å². The quantitative estimate of drug-likeness (QED) is 0.709. The van der Waals surface area contributed by atoms with Gasteiger partial charge in [-0.3, -0.25) is 9.78 Å². The third-order valence-electron chi connectivity index (χ3n) is 5.08. The fourth-order valence-corrected chi connectivity index (χ4v) is 4.16. The maximum atomic E-state index is 13.3. The highest BCUT2D eigenvalue weighted by molar-refractivity contribution is 7.14. The third kappa shape index (κ3) is 3.63. The molecule has 3 aromatic rings. The number of carbonyl (C=O) groups is 1. The van der Waals surface area contributed by atoms with E-state index in [9.17, 15) is 4.79 Å². The molecule has 0 radical (unpaired) electrons. The van der Waals surface area contributed by atoms with E-state index >= 15 is 0 Å². The van der Waals surface area contributed by atoms with E-state index in [1.54, 1.807) is 13.3 Å². The van der Waals surface area contributed by atoms with Crippen LogP contribution in [-0.4, -0.2) is 36.2 Å². The van der Waals surface area contributed by atoms with Gasteiger partial charge in [-0.25, -0.2) is 4.98 Å². The molecule has 0 bridgehead atoms. The first kappa shape index (κ1) is 18.6. The van der Waals surface area contributed by atoms with E-state index in [-0.39, 0.29) is 5.91 Å². The molecule has 2 aromatic heterocycles. The average Bonchev–Trinajstić information content (AvgIpc) is 3.23. The van der Waals surface area contributed by atoms with Gasteiger partial charge in [-0.05, 0) is 42.7 Å². The maximum Gasteiger partial charge on any atom is 0.236 e. The van der Waals surface area contributed by atoms with Crippen molar-refractivity contribution in [3.05, 3.63) is 59.6 Å². The van der Waals surface area contributed by atoms with Crippen molar-refractivity contribution in [3.8, 4) is 17.1 Å². The van der Waals surface area contributed by atoms with E-state index < -0.39 is 5.41 Å². The van der Waals surface area contributed by atoms with E-state index in [2.05, 4.69) is 15.3 Å². The summed E-state index contributed by atoms with van der Waals surface area (Å²) < 4.78 is 10.8. The summed E-state index contributed by atoms with van der Waals surface area (Å²) in [6, 6.07) is 13.4. The monoisotopic (exact) mass is 395 g/mol. The highest BCUT2D eigenvalue weighted by Crippen LogP contribution is 2.37. The van der Waals surface area contributed by atoms with Crippen molar-refractivity contribution in [2.24, 2.45) is 0 Å². The van der Waals surface area contributed by atoms with Gasteiger partial charge < -0.3 is 14.8 Å². The van der Waals surface area contributed by atoms with Crippen molar-refractivity contribution in [2.75, 3.05) is 25.6 Å². The van der Waals surface area contributed by atoms with Crippen molar-refractivity contribution in [1.82, 2.24) is 9.97 Å². The molecular formula is C21H21N3O3S. The second-order valence-electron chi connectivity index (χ2n) is 6.63. The lowest BCUT2D eigenvalue weighted by molar-refractivity contribution is -0.125. The molecular weight excluding hydrogens is 374 g/mol. The molecule has 0 atom stereocenters. The van der Waals surface area contributed by atoms with Crippen LogP contribution >= 0.6 is 11.3 Å². The number of amides is 1. The lowest BCUT2D eigenvalue weighted by Gasteiger charge is -2.36. The van der Waals surface area contributed by atoms with Crippen molar-refractivity contribution in [1.29, 1.82) is 0 Å². The van der Waals surface area contributed by atoms with Gasteiger partial charge >= 0.3 is 0 Å². The van der Waals surface area contributed by atoms with Crippen LogP contribution in [0.3, 0.4) is 0 Å². The molecule has 0 spiro atoms. The van der Waals surface area contributed by atoms with Gasteiger partial charge in [-0.15, -0.1) is 11.3 Å². The number of rotatable bonds is 5. The van der Waals surface area contributed by atoms with Gasteiger partial charge in [0, 0.05) is 24.8 Å². The van der Waals surface area contributed by atoms with Gasteiger partial charge in [-0.2, -0.15) is 0 Å². The van der Waals surface area contributed by atoms with E-state index in [1.165, 1.54) is 11.3 Å². The predicted octanol–water partition coefficient (Wildman–Crippen LogP) is 3.90. The number of thiazole rings is 1. The Kier molecular flexibility index (Phi) is 5.36. The van der Waals surface area contributed by atoms with Gasteiger partial charge in [0.2, 0.25) is 5.91 Å². The molecule has 0 unspecified atom stereocenters. The molecule has 6 nitrogen and oxygen atoms in total. The summed E-state index contributed by atoms with van der Waals surface area (Å²) in [5.74, 6) is 0.717. The van der Waals surface area contributed by atoms with Crippen LogP contribution in [0.15, 0.2) is 54.0 Å². The van der Waals surface area contributed by atoms with Crippen LogP contribution in [0.4, 0.5) is 5.13 Å². The average molecular weight is 395 g/mol. The first-order valence-corrected chi connectivity index (χ1v) is 10.00. The normalized spacial score (nSPS) is 15.8. The Morgan fingerprint density at radius 2 is 1.93 bits per heavy atom. The summed E-state index contributed by atoms with van der Waals surface area (Å²) in [5, 5.41) is 5.50. The predicted molar refractivity (Wildman–Crippen MR) is 109 cm³/mol. The molecule has 1 aliphatic heterocycles. The minimum atomic E-state index is -0.638. The summed E-state index contributed by atoms with van der Waals surface area (Å²) in [6.07, 6.45) is 2.99. The number of carbonyl (C=O) groups excluding carboxylic acids is 1. The Morgan fingerprint density at radius 3 is 2.61 bits per heavy atom. The molecule has 1 amide bonds. The molecule has 4 rings (SSSR count). The number of methoxy groups -OCH3 is 1. The molecule has 1 aliphatic rings. The van der Waals surface area contributed by atoms with Crippen molar-refractivity contribution < 1.29 is 14.3 Å². The number of nitrogens with zero attached hydrogens (tertiary/aromatic N) is 2. The zero-order chi connectivity index (χ0) is 19.4. The maximum absolute atomic E-state index is 13.3. The van der Waals surface area contributed by atoms with Gasteiger partial charge in [0.05, 0.1) is 18.2 Å². The zero-order valence-electron chi connectivity index (χ0n) is 15.6. The first-order chi connectivity index (χ1) is 13.7. The van der Waals surface area contributed by atoms with Crippen LogP contribution < -0.4 is 10.1 Å². The molecule has 7 heteroatoms. The van der Waals surface area contributed by atoms with E-state index in [1.807, 2.05) is 47.8 Å².